The first-order chi connectivity index (χ1) is 6.91. The molecule has 0 spiro atoms. The number of hydrogen-bond acceptors (Lipinski definition) is 1. The van der Waals surface area contributed by atoms with Gasteiger partial charge in [-0.15, -0.1) is 0 Å². The third-order valence-electron chi connectivity index (χ3n) is 2.38. The van der Waals surface area contributed by atoms with E-state index in [0.717, 1.165) is 10.2 Å². The van der Waals surface area contributed by atoms with E-state index in [9.17, 15) is 4.79 Å². The van der Waals surface area contributed by atoms with Crippen LogP contribution in [0, 0.1) is 5.92 Å². The Balaban J connectivity index is 2.79. The maximum atomic E-state index is 10.7. The topological polar surface area (TPSA) is 42.2 Å². The van der Waals surface area contributed by atoms with E-state index in [1.807, 2.05) is 12.3 Å². The number of aromatic nitrogens is 1. The van der Waals surface area contributed by atoms with Crippen LogP contribution >= 0.6 is 15.9 Å². The lowest BCUT2D eigenvalue weighted by Gasteiger charge is -2.08. The Labute approximate surface area is 98.2 Å². The van der Waals surface area contributed by atoms with Crippen molar-refractivity contribution in [3.63, 3.8) is 0 Å². The number of carboxylic acids is 1. The second-order valence-corrected chi connectivity index (χ2v) is 4.93. The van der Waals surface area contributed by atoms with Crippen molar-refractivity contribution in [2.75, 3.05) is 0 Å². The van der Waals surface area contributed by atoms with Gasteiger partial charge in [0.05, 0.1) is 10.5 Å². The summed E-state index contributed by atoms with van der Waals surface area (Å²) >= 11 is 3.46. The molecule has 3 nitrogen and oxygen atoms in total. The molecule has 0 aromatic carbocycles. The van der Waals surface area contributed by atoms with E-state index < -0.39 is 5.97 Å². The van der Waals surface area contributed by atoms with Gasteiger partial charge in [0.2, 0.25) is 0 Å². The minimum atomic E-state index is -0.747. The number of aliphatic carboxylic acids is 1. The molecule has 0 radical (unpaired) electrons. The average molecular weight is 274 g/mol. The maximum Gasteiger partial charge on any atom is 0.306 e. The molecule has 0 saturated carbocycles. The number of carboxylic acid groups (broad SMARTS) is 1. The van der Waals surface area contributed by atoms with Gasteiger partial charge in [-0.1, -0.05) is 6.92 Å². The lowest BCUT2D eigenvalue weighted by atomic mass is 10.0. The standard InChI is InChI=1S/C11H16BrNO2/c1-7(2)13-6-9(5-10(13)12)4-8(3)11(14)15/h5-8H,4H2,1-3H3,(H,14,15). The molecule has 4 heteroatoms. The molecule has 0 bridgehead atoms. The highest BCUT2D eigenvalue weighted by atomic mass is 79.9. The maximum absolute atomic E-state index is 10.7. The molecular formula is C11H16BrNO2. The summed E-state index contributed by atoms with van der Waals surface area (Å²) in [6, 6.07) is 2.37. The van der Waals surface area contributed by atoms with E-state index in [2.05, 4.69) is 34.3 Å². The second-order valence-electron chi connectivity index (χ2n) is 4.12. The van der Waals surface area contributed by atoms with Crippen LogP contribution in [0.2, 0.25) is 0 Å². The zero-order valence-corrected chi connectivity index (χ0v) is 10.8. The van der Waals surface area contributed by atoms with Crippen LogP contribution in [0.25, 0.3) is 0 Å². The summed E-state index contributed by atoms with van der Waals surface area (Å²) in [5.74, 6) is -1.08. The highest BCUT2D eigenvalue weighted by Gasteiger charge is 2.14. The lowest BCUT2D eigenvalue weighted by Crippen LogP contribution is -2.11. The Morgan fingerprint density at radius 2 is 2.13 bits per heavy atom. The molecule has 1 aromatic rings. The summed E-state index contributed by atoms with van der Waals surface area (Å²) in [6.45, 7) is 5.91. The third kappa shape index (κ3) is 3.09. The second kappa shape index (κ2) is 4.84. The minimum absolute atomic E-state index is 0.333. The highest BCUT2D eigenvalue weighted by molar-refractivity contribution is 9.10. The van der Waals surface area contributed by atoms with Crippen molar-refractivity contribution in [3.05, 3.63) is 22.4 Å². The molecule has 1 atom stereocenters. The van der Waals surface area contributed by atoms with Crippen molar-refractivity contribution >= 4 is 21.9 Å². The van der Waals surface area contributed by atoms with Crippen LogP contribution < -0.4 is 0 Å². The molecule has 1 N–H and O–H groups in total. The van der Waals surface area contributed by atoms with Gasteiger partial charge in [-0.2, -0.15) is 0 Å². The lowest BCUT2D eigenvalue weighted by molar-refractivity contribution is -0.141. The fourth-order valence-electron chi connectivity index (χ4n) is 1.45. The van der Waals surface area contributed by atoms with Crippen LogP contribution in [0.1, 0.15) is 32.4 Å². The zero-order chi connectivity index (χ0) is 11.6. The predicted octanol–water partition coefficient (Wildman–Crippen LogP) is 3.09. The number of nitrogens with zero attached hydrogens (tertiary/aromatic N) is 1. The quantitative estimate of drug-likeness (QED) is 0.916. The van der Waals surface area contributed by atoms with E-state index in [-0.39, 0.29) is 5.92 Å². The molecule has 1 unspecified atom stereocenters. The first kappa shape index (κ1) is 12.3. The Kier molecular flexibility index (Phi) is 3.97. The van der Waals surface area contributed by atoms with Crippen LogP contribution in [0.15, 0.2) is 16.9 Å². The van der Waals surface area contributed by atoms with E-state index >= 15 is 0 Å². The van der Waals surface area contributed by atoms with E-state index in [4.69, 9.17) is 5.11 Å². The van der Waals surface area contributed by atoms with Crippen LogP contribution in [0.3, 0.4) is 0 Å². The molecule has 15 heavy (non-hydrogen) atoms. The van der Waals surface area contributed by atoms with Gasteiger partial charge in [0, 0.05) is 12.2 Å². The van der Waals surface area contributed by atoms with Crippen molar-refractivity contribution in [2.24, 2.45) is 5.92 Å². The summed E-state index contributed by atoms with van der Waals surface area (Å²) in [6.07, 6.45) is 2.59. The Hall–Kier alpha value is -0.770. The van der Waals surface area contributed by atoms with Crippen molar-refractivity contribution in [2.45, 2.75) is 33.2 Å². The Morgan fingerprint density at radius 1 is 1.53 bits per heavy atom. The summed E-state index contributed by atoms with van der Waals surface area (Å²) < 4.78 is 3.09. The van der Waals surface area contributed by atoms with Crippen molar-refractivity contribution in [3.8, 4) is 0 Å². The van der Waals surface area contributed by atoms with E-state index in [0.29, 0.717) is 12.5 Å². The normalized spacial score (nSPS) is 13.1. The highest BCUT2D eigenvalue weighted by Crippen LogP contribution is 2.22. The van der Waals surface area contributed by atoms with E-state index in [1.165, 1.54) is 0 Å². The molecule has 0 aliphatic rings. The Bertz CT molecular complexity index is 357. The summed E-state index contributed by atoms with van der Waals surface area (Å²) in [7, 11) is 0. The monoisotopic (exact) mass is 273 g/mol. The van der Waals surface area contributed by atoms with Gasteiger partial charge < -0.3 is 9.67 Å². The van der Waals surface area contributed by atoms with Gasteiger partial charge in [-0.25, -0.2) is 0 Å². The largest absolute Gasteiger partial charge is 0.481 e. The van der Waals surface area contributed by atoms with Gasteiger partial charge in [0.25, 0.3) is 0 Å². The molecule has 0 aliphatic carbocycles. The van der Waals surface area contributed by atoms with Crippen molar-refractivity contribution in [1.29, 1.82) is 0 Å². The predicted molar refractivity (Wildman–Crippen MR) is 63.0 cm³/mol. The van der Waals surface area contributed by atoms with Gasteiger partial charge in [-0.3, -0.25) is 4.79 Å². The van der Waals surface area contributed by atoms with Crippen molar-refractivity contribution < 1.29 is 9.90 Å². The minimum Gasteiger partial charge on any atom is -0.481 e. The molecule has 1 aromatic heterocycles. The van der Waals surface area contributed by atoms with Gasteiger partial charge >= 0.3 is 5.97 Å². The number of hydrogen-bond donors (Lipinski definition) is 1. The molecule has 0 aliphatic heterocycles. The molecule has 0 fully saturated rings. The number of halogens is 1. The summed E-state index contributed by atoms with van der Waals surface area (Å²) in [5, 5.41) is 8.81. The first-order valence-corrected chi connectivity index (χ1v) is 5.80. The van der Waals surface area contributed by atoms with Crippen LogP contribution in [0.4, 0.5) is 0 Å². The van der Waals surface area contributed by atoms with Crippen LogP contribution in [-0.2, 0) is 11.2 Å². The van der Waals surface area contributed by atoms with Gasteiger partial charge in [0.15, 0.2) is 0 Å². The zero-order valence-electron chi connectivity index (χ0n) is 9.20. The molecule has 1 rings (SSSR count). The first-order valence-electron chi connectivity index (χ1n) is 5.01. The van der Waals surface area contributed by atoms with Gasteiger partial charge in [0.1, 0.15) is 0 Å². The molecule has 84 valence electrons. The third-order valence-corrected chi connectivity index (χ3v) is 3.01. The summed E-state index contributed by atoms with van der Waals surface area (Å²) in [5.41, 5.74) is 1.06. The van der Waals surface area contributed by atoms with E-state index in [1.54, 1.807) is 6.92 Å². The van der Waals surface area contributed by atoms with Crippen LogP contribution in [-0.4, -0.2) is 15.6 Å². The average Bonchev–Trinajstić information content (AvgIpc) is 2.46. The molecular weight excluding hydrogens is 258 g/mol. The number of carbonyl (C=O) groups is 1. The summed E-state index contributed by atoms with van der Waals surface area (Å²) in [4.78, 5) is 10.7. The van der Waals surface area contributed by atoms with Crippen LogP contribution in [0.5, 0.6) is 0 Å². The fourth-order valence-corrected chi connectivity index (χ4v) is 2.26. The SMILES string of the molecule is CC(Cc1cc(Br)n(C(C)C)c1)C(=O)O. The molecule has 1 heterocycles. The number of rotatable bonds is 4. The molecule has 0 saturated heterocycles. The smallest absolute Gasteiger partial charge is 0.306 e. The van der Waals surface area contributed by atoms with Crippen molar-refractivity contribution in [1.82, 2.24) is 4.57 Å². The van der Waals surface area contributed by atoms with Gasteiger partial charge in [-0.05, 0) is 47.8 Å². The fraction of sp³-hybridized carbons (Fsp3) is 0.545. The Morgan fingerprint density at radius 3 is 2.53 bits per heavy atom. The molecule has 0 amide bonds.